The largest absolute Gasteiger partial charge is 0.353 e. The molecule has 1 fully saturated rings. The first-order chi connectivity index (χ1) is 6.24. The van der Waals surface area contributed by atoms with Gasteiger partial charge in [0, 0.05) is 24.6 Å². The van der Waals surface area contributed by atoms with Gasteiger partial charge in [-0.3, -0.25) is 9.59 Å². The number of allylic oxidation sites excluding steroid dienone is 1. The van der Waals surface area contributed by atoms with Crippen LogP contribution in [0, 0.1) is 0 Å². The number of nitrogens with one attached hydrogen (secondary N) is 1. The van der Waals surface area contributed by atoms with Gasteiger partial charge in [0.15, 0.2) is 5.78 Å². The van der Waals surface area contributed by atoms with Crippen molar-refractivity contribution in [3.8, 4) is 0 Å². The lowest BCUT2D eigenvalue weighted by atomic mass is 9.93. The first-order valence-corrected chi connectivity index (χ1v) is 4.75. The number of amides is 1. The molecule has 0 aromatic heterocycles. The fourth-order valence-electron chi connectivity index (χ4n) is 1.44. The number of hydrogen-bond acceptors (Lipinski definition) is 2. The van der Waals surface area contributed by atoms with Crippen LogP contribution in [-0.4, -0.2) is 18.2 Å². The summed E-state index contributed by atoms with van der Waals surface area (Å²) in [5, 5.41) is 2.65. The van der Waals surface area contributed by atoms with Crippen LogP contribution in [0.2, 0.25) is 0 Å². The van der Waals surface area contributed by atoms with Crippen LogP contribution < -0.4 is 5.32 Å². The number of carbonyl (C=O) groups excluding carboxylic acids is 2. The molecule has 3 nitrogen and oxygen atoms in total. The number of Topliss-reactive ketones (excluding diaryl/α,β-unsaturated/α-hetero) is 1. The average Bonchev–Trinajstić information content (AvgIpc) is 2.09. The van der Waals surface area contributed by atoms with Crippen molar-refractivity contribution in [2.75, 3.05) is 6.54 Å². The lowest BCUT2D eigenvalue weighted by Crippen LogP contribution is -2.22. The van der Waals surface area contributed by atoms with Gasteiger partial charge in [-0.25, -0.2) is 0 Å². The summed E-state index contributed by atoms with van der Waals surface area (Å²) in [5.74, 6) is -0.00902. The Hall–Kier alpha value is -1.12. The summed E-state index contributed by atoms with van der Waals surface area (Å²) >= 11 is 0. The van der Waals surface area contributed by atoms with Crippen molar-refractivity contribution >= 4 is 11.7 Å². The minimum absolute atomic E-state index is 0.137. The minimum atomic E-state index is -0.146. The average molecular weight is 181 g/mol. The van der Waals surface area contributed by atoms with Gasteiger partial charge < -0.3 is 5.32 Å². The van der Waals surface area contributed by atoms with Crippen molar-refractivity contribution in [1.29, 1.82) is 0 Å². The van der Waals surface area contributed by atoms with Gasteiger partial charge in [0.1, 0.15) is 0 Å². The molecule has 1 saturated carbocycles. The molecule has 13 heavy (non-hydrogen) atoms. The zero-order valence-corrected chi connectivity index (χ0v) is 7.93. The molecule has 1 aliphatic carbocycles. The van der Waals surface area contributed by atoms with E-state index in [-0.39, 0.29) is 11.7 Å². The van der Waals surface area contributed by atoms with E-state index in [0.717, 1.165) is 19.3 Å². The van der Waals surface area contributed by atoms with Crippen LogP contribution in [0.4, 0.5) is 0 Å². The lowest BCUT2D eigenvalue weighted by Gasteiger charge is -2.11. The first-order valence-electron chi connectivity index (χ1n) is 4.75. The van der Waals surface area contributed by atoms with Crippen molar-refractivity contribution in [1.82, 2.24) is 5.32 Å². The van der Waals surface area contributed by atoms with E-state index in [1.807, 2.05) is 6.92 Å². The van der Waals surface area contributed by atoms with Crippen molar-refractivity contribution < 1.29 is 9.59 Å². The molecule has 0 unspecified atom stereocenters. The number of likely N-dealkylation sites (N-methyl/N-ethyl adjacent to an activating group) is 1. The second-order valence-electron chi connectivity index (χ2n) is 3.19. The van der Waals surface area contributed by atoms with Crippen molar-refractivity contribution in [2.24, 2.45) is 0 Å². The third-order valence-corrected chi connectivity index (χ3v) is 2.11. The van der Waals surface area contributed by atoms with Crippen LogP contribution in [0.25, 0.3) is 0 Å². The summed E-state index contributed by atoms with van der Waals surface area (Å²) in [7, 11) is 0. The van der Waals surface area contributed by atoms with Gasteiger partial charge in [0.2, 0.25) is 5.91 Å². The molecule has 1 aliphatic rings. The third kappa shape index (κ3) is 3.01. The van der Waals surface area contributed by atoms with E-state index >= 15 is 0 Å². The van der Waals surface area contributed by atoms with Gasteiger partial charge in [0.05, 0.1) is 0 Å². The molecular formula is C10H15NO2. The summed E-state index contributed by atoms with van der Waals surface area (Å²) in [6.45, 7) is 2.47. The Bertz CT molecular complexity index is 243. The van der Waals surface area contributed by atoms with E-state index in [1.54, 1.807) is 0 Å². The highest BCUT2D eigenvalue weighted by atomic mass is 16.1. The Morgan fingerprint density at radius 3 is 2.77 bits per heavy atom. The van der Waals surface area contributed by atoms with E-state index in [2.05, 4.69) is 5.32 Å². The summed E-state index contributed by atoms with van der Waals surface area (Å²) in [5.41, 5.74) is 0.692. The normalized spacial score (nSPS) is 20.4. The Kier molecular flexibility index (Phi) is 3.68. The van der Waals surface area contributed by atoms with Crippen molar-refractivity contribution in [3.63, 3.8) is 0 Å². The van der Waals surface area contributed by atoms with Gasteiger partial charge >= 0.3 is 0 Å². The number of rotatable bonds is 2. The maximum absolute atomic E-state index is 11.3. The molecule has 1 N–H and O–H groups in total. The van der Waals surface area contributed by atoms with Gasteiger partial charge in [-0.1, -0.05) is 0 Å². The predicted molar refractivity (Wildman–Crippen MR) is 50.2 cm³/mol. The van der Waals surface area contributed by atoms with Crippen LogP contribution in [0.15, 0.2) is 11.6 Å². The topological polar surface area (TPSA) is 46.2 Å². The molecule has 0 atom stereocenters. The fraction of sp³-hybridized carbons (Fsp3) is 0.600. The molecule has 1 amide bonds. The molecule has 0 heterocycles. The maximum atomic E-state index is 11.3. The molecule has 0 spiro atoms. The highest BCUT2D eigenvalue weighted by Crippen LogP contribution is 2.19. The second-order valence-corrected chi connectivity index (χ2v) is 3.19. The van der Waals surface area contributed by atoms with Gasteiger partial charge in [-0.05, 0) is 26.2 Å². The predicted octanol–water partition coefficient (Wildman–Crippen LogP) is 1.19. The Morgan fingerprint density at radius 1 is 1.46 bits per heavy atom. The molecule has 0 radical (unpaired) electrons. The molecule has 0 saturated heterocycles. The number of carbonyl (C=O) groups is 2. The van der Waals surface area contributed by atoms with E-state index in [9.17, 15) is 9.59 Å². The SMILES string of the molecule is CCNC(=O)/C=C1/CCCCC1=O. The summed E-state index contributed by atoms with van der Waals surface area (Å²) < 4.78 is 0. The van der Waals surface area contributed by atoms with Crippen molar-refractivity contribution in [2.45, 2.75) is 32.6 Å². The summed E-state index contributed by atoms with van der Waals surface area (Å²) in [6, 6.07) is 0. The van der Waals surface area contributed by atoms with E-state index < -0.39 is 0 Å². The van der Waals surface area contributed by atoms with Crippen LogP contribution in [0.1, 0.15) is 32.6 Å². The van der Waals surface area contributed by atoms with Gasteiger partial charge in [-0.2, -0.15) is 0 Å². The maximum Gasteiger partial charge on any atom is 0.244 e. The Balaban J connectivity index is 2.57. The monoisotopic (exact) mass is 181 g/mol. The smallest absolute Gasteiger partial charge is 0.244 e. The van der Waals surface area contributed by atoms with E-state index in [4.69, 9.17) is 0 Å². The zero-order valence-electron chi connectivity index (χ0n) is 7.93. The lowest BCUT2D eigenvalue weighted by molar-refractivity contribution is -0.119. The van der Waals surface area contributed by atoms with Crippen LogP contribution in [0.5, 0.6) is 0 Å². The molecule has 0 aromatic carbocycles. The quantitative estimate of drug-likeness (QED) is 0.650. The standard InChI is InChI=1S/C10H15NO2/c1-2-11-10(13)7-8-5-3-4-6-9(8)12/h7H,2-6H2,1H3,(H,11,13)/b8-7-. The minimum Gasteiger partial charge on any atom is -0.353 e. The highest BCUT2D eigenvalue weighted by molar-refractivity contribution is 6.02. The Morgan fingerprint density at radius 2 is 2.15 bits per heavy atom. The van der Waals surface area contributed by atoms with Crippen molar-refractivity contribution in [3.05, 3.63) is 11.6 Å². The molecule has 1 rings (SSSR count). The summed E-state index contributed by atoms with van der Waals surface area (Å²) in [4.78, 5) is 22.4. The zero-order chi connectivity index (χ0) is 9.68. The fourth-order valence-corrected chi connectivity index (χ4v) is 1.44. The van der Waals surface area contributed by atoms with E-state index in [1.165, 1.54) is 6.08 Å². The molecular weight excluding hydrogens is 166 g/mol. The molecule has 3 heteroatoms. The van der Waals surface area contributed by atoms with Gasteiger partial charge in [-0.15, -0.1) is 0 Å². The highest BCUT2D eigenvalue weighted by Gasteiger charge is 2.15. The number of hydrogen-bond donors (Lipinski definition) is 1. The van der Waals surface area contributed by atoms with Crippen LogP contribution in [-0.2, 0) is 9.59 Å². The molecule has 0 aromatic rings. The van der Waals surface area contributed by atoms with Crippen LogP contribution in [0.3, 0.4) is 0 Å². The third-order valence-electron chi connectivity index (χ3n) is 2.11. The van der Waals surface area contributed by atoms with E-state index in [0.29, 0.717) is 18.5 Å². The number of ketones is 1. The first kappa shape index (κ1) is 9.96. The molecule has 0 bridgehead atoms. The Labute approximate surface area is 78.2 Å². The van der Waals surface area contributed by atoms with Gasteiger partial charge in [0.25, 0.3) is 0 Å². The summed E-state index contributed by atoms with van der Waals surface area (Å²) in [6.07, 6.45) is 4.80. The second kappa shape index (κ2) is 4.80. The molecule has 0 aliphatic heterocycles. The molecule has 72 valence electrons. The van der Waals surface area contributed by atoms with Crippen LogP contribution >= 0.6 is 0 Å².